The van der Waals surface area contributed by atoms with E-state index in [-0.39, 0.29) is 5.91 Å². The maximum atomic E-state index is 13.1. The molecule has 1 aromatic carbocycles. The van der Waals surface area contributed by atoms with Gasteiger partial charge in [0.25, 0.3) is 5.91 Å². The maximum absolute atomic E-state index is 13.1. The number of carbonyl (C=O) groups excluding carboxylic acids is 1. The first-order valence-electron chi connectivity index (χ1n) is 10.2. The maximum Gasteiger partial charge on any atom is 0.272 e. The van der Waals surface area contributed by atoms with Crippen LogP contribution < -0.4 is 0 Å². The third kappa shape index (κ3) is 4.08. The summed E-state index contributed by atoms with van der Waals surface area (Å²) in [7, 11) is 1.87. The van der Waals surface area contributed by atoms with Gasteiger partial charge in [-0.25, -0.2) is 0 Å². The van der Waals surface area contributed by atoms with E-state index < -0.39 is 0 Å². The van der Waals surface area contributed by atoms with Crippen molar-refractivity contribution in [3.05, 3.63) is 53.3 Å². The second kappa shape index (κ2) is 7.85. The van der Waals surface area contributed by atoms with E-state index in [9.17, 15) is 4.79 Å². The van der Waals surface area contributed by atoms with Crippen LogP contribution in [0.1, 0.15) is 41.0 Å². The molecule has 3 aliphatic heterocycles. The minimum atomic E-state index is 0.152. The van der Waals surface area contributed by atoms with Gasteiger partial charge in [0.1, 0.15) is 5.69 Å². The number of hydrogen-bond donors (Lipinski definition) is 0. The third-order valence-electron chi connectivity index (χ3n) is 6.05. The lowest BCUT2D eigenvalue weighted by molar-refractivity contribution is 0.0574. The van der Waals surface area contributed by atoms with E-state index in [0.717, 1.165) is 50.4 Å². The zero-order chi connectivity index (χ0) is 18.8. The number of benzene rings is 1. The molecule has 0 unspecified atom stereocenters. The SMILES string of the molecule is Cc1cc(C(=O)N2C[C@@H]3CC[C@H]2CN(CCCc2ccccc2)C3)n(C)n1. The second-order valence-electron chi connectivity index (χ2n) is 8.20. The lowest BCUT2D eigenvalue weighted by atomic mass is 9.94. The Balaban J connectivity index is 1.38. The van der Waals surface area contributed by atoms with Crippen LogP contribution in [-0.2, 0) is 13.5 Å². The Morgan fingerprint density at radius 2 is 1.96 bits per heavy atom. The summed E-state index contributed by atoms with van der Waals surface area (Å²) in [6.45, 7) is 6.09. The number of aromatic nitrogens is 2. The molecular weight excluding hydrogens is 336 g/mol. The van der Waals surface area contributed by atoms with E-state index in [4.69, 9.17) is 0 Å². The van der Waals surface area contributed by atoms with Crippen LogP contribution in [0.2, 0.25) is 0 Å². The van der Waals surface area contributed by atoms with E-state index >= 15 is 0 Å². The molecule has 3 aliphatic rings. The summed E-state index contributed by atoms with van der Waals surface area (Å²) < 4.78 is 1.73. The molecule has 1 aromatic heterocycles. The molecular formula is C22H30N4O. The molecule has 5 nitrogen and oxygen atoms in total. The topological polar surface area (TPSA) is 41.4 Å². The molecule has 4 heterocycles. The van der Waals surface area contributed by atoms with Gasteiger partial charge in [-0.05, 0) is 56.7 Å². The summed E-state index contributed by atoms with van der Waals surface area (Å²) in [5.74, 6) is 0.748. The number of amides is 1. The molecule has 2 atom stereocenters. The van der Waals surface area contributed by atoms with Crippen LogP contribution in [-0.4, -0.2) is 57.7 Å². The highest BCUT2D eigenvalue weighted by molar-refractivity contribution is 5.93. The van der Waals surface area contributed by atoms with Crippen molar-refractivity contribution in [2.75, 3.05) is 26.2 Å². The highest BCUT2D eigenvalue weighted by Gasteiger charge is 2.38. The Morgan fingerprint density at radius 3 is 2.70 bits per heavy atom. The fraction of sp³-hybridized carbons (Fsp3) is 0.545. The predicted molar refractivity (Wildman–Crippen MR) is 107 cm³/mol. The van der Waals surface area contributed by atoms with Gasteiger partial charge in [0, 0.05) is 32.7 Å². The molecule has 144 valence electrons. The number of carbonyl (C=O) groups is 1. The first-order valence-corrected chi connectivity index (χ1v) is 10.2. The zero-order valence-electron chi connectivity index (χ0n) is 16.5. The molecule has 27 heavy (non-hydrogen) atoms. The normalized spacial score (nSPS) is 22.8. The van der Waals surface area contributed by atoms with Crippen molar-refractivity contribution in [1.29, 1.82) is 0 Å². The van der Waals surface area contributed by atoms with Crippen LogP contribution in [0.4, 0.5) is 0 Å². The average Bonchev–Trinajstić information content (AvgIpc) is 2.83. The zero-order valence-corrected chi connectivity index (χ0v) is 16.5. The van der Waals surface area contributed by atoms with Gasteiger partial charge in [-0.2, -0.15) is 5.10 Å². The molecule has 0 spiro atoms. The highest BCUT2D eigenvalue weighted by atomic mass is 16.2. The summed E-state index contributed by atoms with van der Waals surface area (Å²) >= 11 is 0. The number of piperidine rings is 1. The molecule has 2 bridgehead atoms. The van der Waals surface area contributed by atoms with E-state index in [1.165, 1.54) is 18.4 Å². The minimum absolute atomic E-state index is 0.152. The van der Waals surface area contributed by atoms with E-state index in [1.54, 1.807) is 4.68 Å². The van der Waals surface area contributed by atoms with Crippen LogP contribution in [0.3, 0.4) is 0 Å². The summed E-state index contributed by atoms with van der Waals surface area (Å²) in [5.41, 5.74) is 3.04. The average molecular weight is 367 g/mol. The molecule has 3 saturated heterocycles. The minimum Gasteiger partial charge on any atom is -0.333 e. The van der Waals surface area contributed by atoms with Gasteiger partial charge in [0.05, 0.1) is 5.69 Å². The number of nitrogens with zero attached hydrogens (tertiary/aromatic N) is 4. The summed E-state index contributed by atoms with van der Waals surface area (Å²) in [5, 5.41) is 4.36. The smallest absolute Gasteiger partial charge is 0.272 e. The van der Waals surface area contributed by atoms with Gasteiger partial charge in [0.15, 0.2) is 0 Å². The quantitative estimate of drug-likeness (QED) is 0.817. The Morgan fingerprint density at radius 1 is 1.15 bits per heavy atom. The van der Waals surface area contributed by atoms with Crippen molar-refractivity contribution < 1.29 is 4.79 Å². The Bertz CT molecular complexity index is 785. The highest BCUT2D eigenvalue weighted by Crippen LogP contribution is 2.29. The fourth-order valence-corrected chi connectivity index (χ4v) is 4.72. The van der Waals surface area contributed by atoms with Gasteiger partial charge >= 0.3 is 0 Å². The van der Waals surface area contributed by atoms with Crippen molar-refractivity contribution in [1.82, 2.24) is 19.6 Å². The van der Waals surface area contributed by atoms with Crippen molar-refractivity contribution in [2.24, 2.45) is 13.0 Å². The molecule has 5 rings (SSSR count). The Labute approximate surface area is 162 Å². The number of fused-ring (bicyclic) bond motifs is 4. The summed E-state index contributed by atoms with van der Waals surface area (Å²) in [6, 6.07) is 13.0. The molecule has 2 aromatic rings. The van der Waals surface area contributed by atoms with Crippen LogP contribution in [0.15, 0.2) is 36.4 Å². The van der Waals surface area contributed by atoms with Crippen LogP contribution >= 0.6 is 0 Å². The molecule has 0 N–H and O–H groups in total. The molecule has 0 radical (unpaired) electrons. The summed E-state index contributed by atoms with van der Waals surface area (Å²) in [6.07, 6.45) is 4.68. The van der Waals surface area contributed by atoms with Gasteiger partial charge in [-0.1, -0.05) is 30.3 Å². The standard InChI is InChI=1S/C22H30N4O/c1-17-13-21(24(2)23-17)22(27)26-15-19-10-11-20(26)16-25(14-19)12-6-9-18-7-4-3-5-8-18/h3-5,7-8,13,19-20H,6,9-12,14-16H2,1-2H3/t19-,20+/m1/s1. The number of aryl methyl sites for hydroxylation is 3. The van der Waals surface area contributed by atoms with Crippen molar-refractivity contribution >= 4 is 5.91 Å². The third-order valence-corrected chi connectivity index (χ3v) is 6.05. The predicted octanol–water partition coefficient (Wildman–Crippen LogP) is 2.90. The molecule has 5 heteroatoms. The van der Waals surface area contributed by atoms with Crippen molar-refractivity contribution in [2.45, 2.75) is 38.6 Å². The molecule has 1 amide bonds. The number of hydrogen-bond acceptors (Lipinski definition) is 3. The van der Waals surface area contributed by atoms with Crippen LogP contribution in [0, 0.1) is 12.8 Å². The number of rotatable bonds is 5. The molecule has 0 saturated carbocycles. The second-order valence-corrected chi connectivity index (χ2v) is 8.20. The van der Waals surface area contributed by atoms with Crippen molar-refractivity contribution in [3.63, 3.8) is 0 Å². The largest absolute Gasteiger partial charge is 0.333 e. The van der Waals surface area contributed by atoms with Gasteiger partial charge in [-0.3, -0.25) is 9.48 Å². The van der Waals surface area contributed by atoms with Gasteiger partial charge < -0.3 is 9.80 Å². The lowest BCUT2D eigenvalue weighted by Gasteiger charge is -2.36. The Kier molecular flexibility index (Phi) is 5.30. The summed E-state index contributed by atoms with van der Waals surface area (Å²) in [4.78, 5) is 17.8. The fourth-order valence-electron chi connectivity index (χ4n) is 4.72. The molecule has 0 aliphatic carbocycles. The van der Waals surface area contributed by atoms with E-state index in [2.05, 4.69) is 45.2 Å². The monoisotopic (exact) mass is 366 g/mol. The molecule has 3 fully saturated rings. The van der Waals surface area contributed by atoms with Crippen LogP contribution in [0.25, 0.3) is 0 Å². The van der Waals surface area contributed by atoms with E-state index in [0.29, 0.717) is 12.0 Å². The van der Waals surface area contributed by atoms with Crippen LogP contribution in [0.5, 0.6) is 0 Å². The van der Waals surface area contributed by atoms with Gasteiger partial charge in [0.2, 0.25) is 0 Å². The van der Waals surface area contributed by atoms with Gasteiger partial charge in [-0.15, -0.1) is 0 Å². The van der Waals surface area contributed by atoms with E-state index in [1.807, 2.05) is 20.0 Å². The Hall–Kier alpha value is -2.14. The van der Waals surface area contributed by atoms with Crippen molar-refractivity contribution in [3.8, 4) is 0 Å². The first kappa shape index (κ1) is 18.2. The lowest BCUT2D eigenvalue weighted by Crippen LogP contribution is -2.47. The first-order chi connectivity index (χ1) is 13.1.